The number of hydrogen-bond donors (Lipinski definition) is 2. The Morgan fingerprint density at radius 1 is 1.71 bits per heavy atom. The summed E-state index contributed by atoms with van der Waals surface area (Å²) in [7, 11) is 0. The maximum atomic E-state index is 10.7. The van der Waals surface area contributed by atoms with Gasteiger partial charge in [-0.1, -0.05) is 0 Å². The van der Waals surface area contributed by atoms with Gasteiger partial charge in [0.2, 0.25) is 0 Å². The van der Waals surface area contributed by atoms with E-state index in [1.807, 2.05) is 0 Å². The molecule has 0 bridgehead atoms. The first kappa shape index (κ1) is 10.5. The van der Waals surface area contributed by atoms with Crippen LogP contribution in [0.1, 0.15) is 29.5 Å². The zero-order valence-corrected chi connectivity index (χ0v) is 7.56. The molecule has 5 heteroatoms. The number of furan rings is 1. The summed E-state index contributed by atoms with van der Waals surface area (Å²) in [6.07, 6.45) is 1.47. The second-order valence-electron chi connectivity index (χ2n) is 3.11. The summed E-state index contributed by atoms with van der Waals surface area (Å²) >= 11 is 0. The molecule has 1 aromatic rings. The van der Waals surface area contributed by atoms with E-state index >= 15 is 0 Å². The van der Waals surface area contributed by atoms with Gasteiger partial charge in [-0.15, -0.1) is 0 Å². The number of aldehydes is 1. The minimum Gasteiger partial charge on any atom is -0.478 e. The van der Waals surface area contributed by atoms with E-state index < -0.39 is 11.6 Å². The van der Waals surface area contributed by atoms with Crippen LogP contribution < -0.4 is 0 Å². The predicted molar refractivity (Wildman–Crippen MR) is 45.9 cm³/mol. The normalized spacial score (nSPS) is 14.7. The summed E-state index contributed by atoms with van der Waals surface area (Å²) < 4.78 is 4.85. The molecule has 2 N–H and O–H groups in total. The van der Waals surface area contributed by atoms with Crippen LogP contribution >= 0.6 is 0 Å². The van der Waals surface area contributed by atoms with Gasteiger partial charge < -0.3 is 19.4 Å². The van der Waals surface area contributed by atoms with Gasteiger partial charge in [-0.05, 0) is 13.0 Å². The highest BCUT2D eigenvalue weighted by molar-refractivity contribution is 5.89. The van der Waals surface area contributed by atoms with Crippen molar-refractivity contribution in [1.29, 1.82) is 0 Å². The number of aliphatic hydroxyl groups is 1. The first-order valence-electron chi connectivity index (χ1n) is 3.96. The third kappa shape index (κ3) is 1.82. The van der Waals surface area contributed by atoms with Crippen LogP contribution in [0.15, 0.2) is 16.7 Å². The van der Waals surface area contributed by atoms with E-state index in [1.165, 1.54) is 13.0 Å². The largest absolute Gasteiger partial charge is 0.478 e. The van der Waals surface area contributed by atoms with Crippen molar-refractivity contribution >= 4 is 12.3 Å². The molecule has 1 unspecified atom stereocenters. The van der Waals surface area contributed by atoms with E-state index in [0.717, 1.165) is 6.26 Å². The van der Waals surface area contributed by atoms with E-state index in [2.05, 4.69) is 0 Å². The number of carbonyl (C=O) groups excluding carboxylic acids is 1. The second-order valence-corrected chi connectivity index (χ2v) is 3.11. The first-order valence-corrected chi connectivity index (χ1v) is 3.96. The second kappa shape index (κ2) is 3.63. The van der Waals surface area contributed by atoms with Crippen LogP contribution in [0.5, 0.6) is 0 Å². The number of aromatic carboxylic acids is 1. The van der Waals surface area contributed by atoms with Gasteiger partial charge in [0.1, 0.15) is 23.2 Å². The molecule has 0 aliphatic rings. The Kier molecular flexibility index (Phi) is 2.71. The average molecular weight is 198 g/mol. The van der Waals surface area contributed by atoms with E-state index in [1.54, 1.807) is 0 Å². The van der Waals surface area contributed by atoms with Gasteiger partial charge in [-0.2, -0.15) is 0 Å². The van der Waals surface area contributed by atoms with Crippen molar-refractivity contribution in [1.82, 2.24) is 0 Å². The van der Waals surface area contributed by atoms with E-state index in [4.69, 9.17) is 9.52 Å². The molecule has 0 aliphatic heterocycles. The van der Waals surface area contributed by atoms with Crippen LogP contribution in [0.25, 0.3) is 0 Å². The van der Waals surface area contributed by atoms with Crippen LogP contribution in [0.2, 0.25) is 0 Å². The van der Waals surface area contributed by atoms with Crippen molar-refractivity contribution in [2.75, 3.05) is 0 Å². The lowest BCUT2D eigenvalue weighted by Crippen LogP contribution is -2.23. The van der Waals surface area contributed by atoms with E-state index in [0.29, 0.717) is 6.29 Å². The molecule has 1 atom stereocenters. The Labute approximate surface area is 80.0 Å². The molecule has 14 heavy (non-hydrogen) atoms. The third-order valence-corrected chi connectivity index (χ3v) is 1.87. The molecule has 0 saturated heterocycles. The minimum absolute atomic E-state index is 0.0999. The highest BCUT2D eigenvalue weighted by Crippen LogP contribution is 2.27. The molecule has 0 aliphatic carbocycles. The molecular formula is C9H10O5. The molecule has 0 fully saturated rings. The SMILES string of the molecule is CC(O)(CC=O)c1occc1C(=O)O. The number of hydrogen-bond acceptors (Lipinski definition) is 4. The fourth-order valence-corrected chi connectivity index (χ4v) is 1.15. The zero-order chi connectivity index (χ0) is 10.8. The van der Waals surface area contributed by atoms with Crippen LogP contribution in [-0.4, -0.2) is 22.5 Å². The van der Waals surface area contributed by atoms with Crippen LogP contribution in [0.4, 0.5) is 0 Å². The van der Waals surface area contributed by atoms with E-state index in [-0.39, 0.29) is 17.7 Å². The van der Waals surface area contributed by atoms with Crippen molar-refractivity contribution in [3.63, 3.8) is 0 Å². The molecule has 0 aromatic carbocycles. The highest BCUT2D eigenvalue weighted by atomic mass is 16.4. The Morgan fingerprint density at radius 2 is 2.36 bits per heavy atom. The van der Waals surface area contributed by atoms with Crippen molar-refractivity contribution in [3.05, 3.63) is 23.7 Å². The van der Waals surface area contributed by atoms with Crippen molar-refractivity contribution in [2.45, 2.75) is 18.9 Å². The molecule has 5 nitrogen and oxygen atoms in total. The predicted octanol–water partition coefficient (Wildman–Crippen LogP) is 0.774. The van der Waals surface area contributed by atoms with Gasteiger partial charge in [0.05, 0.1) is 6.26 Å². The standard InChI is InChI=1S/C9H10O5/c1-9(13,3-4-10)7-6(8(11)12)2-5-14-7/h2,4-5,13H,3H2,1H3,(H,11,12). The highest BCUT2D eigenvalue weighted by Gasteiger charge is 2.31. The number of carbonyl (C=O) groups is 2. The molecule has 0 amide bonds. The number of rotatable bonds is 4. The summed E-state index contributed by atoms with van der Waals surface area (Å²) in [5.41, 5.74) is -1.70. The summed E-state index contributed by atoms with van der Waals surface area (Å²) in [4.78, 5) is 20.9. The van der Waals surface area contributed by atoms with Gasteiger partial charge in [-0.25, -0.2) is 4.79 Å². The molecule has 1 aromatic heterocycles. The maximum absolute atomic E-state index is 10.7. The minimum atomic E-state index is -1.57. The quantitative estimate of drug-likeness (QED) is 0.698. The van der Waals surface area contributed by atoms with Crippen molar-refractivity contribution in [3.8, 4) is 0 Å². The zero-order valence-electron chi connectivity index (χ0n) is 7.56. The molecular weight excluding hydrogens is 188 g/mol. The fraction of sp³-hybridized carbons (Fsp3) is 0.333. The number of carboxylic acid groups (broad SMARTS) is 1. The molecule has 76 valence electrons. The summed E-state index contributed by atoms with van der Waals surface area (Å²) in [6, 6.07) is 1.23. The van der Waals surface area contributed by atoms with Crippen LogP contribution in [-0.2, 0) is 10.4 Å². The lowest BCUT2D eigenvalue weighted by Gasteiger charge is -2.18. The van der Waals surface area contributed by atoms with E-state index in [9.17, 15) is 14.7 Å². The smallest absolute Gasteiger partial charge is 0.339 e. The van der Waals surface area contributed by atoms with Crippen LogP contribution in [0.3, 0.4) is 0 Å². The molecule has 1 rings (SSSR count). The molecule has 0 saturated carbocycles. The molecule has 1 heterocycles. The van der Waals surface area contributed by atoms with Gasteiger partial charge in [0, 0.05) is 6.42 Å². The van der Waals surface area contributed by atoms with Gasteiger partial charge in [0.15, 0.2) is 0 Å². The van der Waals surface area contributed by atoms with Crippen molar-refractivity contribution < 1.29 is 24.2 Å². The Hall–Kier alpha value is -1.62. The Bertz CT molecular complexity index is 350. The third-order valence-electron chi connectivity index (χ3n) is 1.87. The molecule has 0 radical (unpaired) electrons. The fourth-order valence-electron chi connectivity index (χ4n) is 1.15. The van der Waals surface area contributed by atoms with Gasteiger partial charge in [-0.3, -0.25) is 0 Å². The topological polar surface area (TPSA) is 87.7 Å². The lowest BCUT2D eigenvalue weighted by molar-refractivity contribution is -0.112. The number of carboxylic acids is 1. The van der Waals surface area contributed by atoms with Crippen LogP contribution in [0, 0.1) is 0 Å². The maximum Gasteiger partial charge on any atom is 0.339 e. The monoisotopic (exact) mass is 198 g/mol. The molecule has 0 spiro atoms. The van der Waals surface area contributed by atoms with Gasteiger partial charge in [0.25, 0.3) is 0 Å². The summed E-state index contributed by atoms with van der Waals surface area (Å²) in [5, 5.41) is 18.4. The lowest BCUT2D eigenvalue weighted by atomic mass is 9.97. The van der Waals surface area contributed by atoms with Gasteiger partial charge >= 0.3 is 5.97 Å². The summed E-state index contributed by atoms with van der Waals surface area (Å²) in [5.74, 6) is -1.29. The van der Waals surface area contributed by atoms with Crippen molar-refractivity contribution in [2.24, 2.45) is 0 Å². The average Bonchev–Trinajstić information content (AvgIpc) is 2.51. The summed E-state index contributed by atoms with van der Waals surface area (Å²) in [6.45, 7) is 1.33. The Balaban J connectivity index is 3.11. The Morgan fingerprint density at radius 3 is 2.86 bits per heavy atom. The first-order chi connectivity index (χ1) is 6.49.